The minimum absolute atomic E-state index is 0.152. The van der Waals surface area contributed by atoms with Crippen molar-refractivity contribution in [3.8, 4) is 11.3 Å². The normalized spacial score (nSPS) is 15.1. The Morgan fingerprint density at radius 2 is 1.90 bits per heavy atom. The number of furan rings is 1. The molecule has 1 aliphatic heterocycles. The summed E-state index contributed by atoms with van der Waals surface area (Å²) >= 11 is 1.15. The Hall–Kier alpha value is -4.57. The number of thiazole rings is 1. The van der Waals surface area contributed by atoms with Gasteiger partial charge in [0.1, 0.15) is 17.3 Å². The van der Waals surface area contributed by atoms with Gasteiger partial charge in [-0.1, -0.05) is 35.6 Å². The third-order valence-corrected chi connectivity index (χ3v) is 7.15. The van der Waals surface area contributed by atoms with Gasteiger partial charge < -0.3 is 13.9 Å². The summed E-state index contributed by atoms with van der Waals surface area (Å²) < 4.78 is 31.5. The molecule has 0 radical (unpaired) electrons. The molecular formula is C29H23FN2O6S. The Labute approximate surface area is 226 Å². The minimum Gasteiger partial charge on any atom is -0.465 e. The van der Waals surface area contributed by atoms with Crippen molar-refractivity contribution >= 4 is 29.4 Å². The third kappa shape index (κ3) is 4.98. The molecule has 5 rings (SSSR count). The molecule has 0 saturated heterocycles. The third-order valence-electron chi connectivity index (χ3n) is 6.17. The first-order valence-electron chi connectivity index (χ1n) is 12.0. The number of benzene rings is 2. The molecule has 0 aliphatic carbocycles. The van der Waals surface area contributed by atoms with Gasteiger partial charge in [-0.25, -0.2) is 19.0 Å². The molecule has 1 unspecified atom stereocenters. The second kappa shape index (κ2) is 10.7. The van der Waals surface area contributed by atoms with Crippen molar-refractivity contribution in [2.45, 2.75) is 19.9 Å². The van der Waals surface area contributed by atoms with Gasteiger partial charge in [0.15, 0.2) is 4.80 Å². The molecule has 0 amide bonds. The number of halogens is 1. The van der Waals surface area contributed by atoms with Crippen molar-refractivity contribution in [2.24, 2.45) is 4.99 Å². The van der Waals surface area contributed by atoms with Crippen molar-refractivity contribution < 1.29 is 27.9 Å². The van der Waals surface area contributed by atoms with Crippen molar-refractivity contribution in [3.05, 3.63) is 114 Å². The lowest BCUT2D eigenvalue weighted by atomic mass is 9.96. The standard InChI is InChI=1S/C29H23FN2O6S/c1-4-37-28(35)24-16(2)31-29-32(25(24)17-8-10-20(30)11-9-17)26(33)23(39-29)15-21-12-13-22(38-21)18-6-5-7-19(14-18)27(34)36-3/h5-15,25H,4H2,1-3H3. The van der Waals surface area contributed by atoms with Gasteiger partial charge in [0.25, 0.3) is 5.56 Å². The quantitative estimate of drug-likeness (QED) is 0.339. The van der Waals surface area contributed by atoms with Crippen molar-refractivity contribution in [1.29, 1.82) is 0 Å². The van der Waals surface area contributed by atoms with Crippen LogP contribution in [0.3, 0.4) is 0 Å². The van der Waals surface area contributed by atoms with E-state index in [1.807, 2.05) is 0 Å². The highest BCUT2D eigenvalue weighted by Crippen LogP contribution is 2.31. The van der Waals surface area contributed by atoms with E-state index < -0.39 is 23.8 Å². The maximum absolute atomic E-state index is 13.7. The number of fused-ring (bicyclic) bond motifs is 1. The summed E-state index contributed by atoms with van der Waals surface area (Å²) in [4.78, 5) is 43.4. The lowest BCUT2D eigenvalue weighted by Crippen LogP contribution is -2.39. The second-order valence-electron chi connectivity index (χ2n) is 8.63. The number of rotatable bonds is 6. The van der Waals surface area contributed by atoms with Gasteiger partial charge in [0.2, 0.25) is 0 Å². The molecule has 0 fully saturated rings. The molecule has 0 spiro atoms. The molecule has 10 heteroatoms. The summed E-state index contributed by atoms with van der Waals surface area (Å²) in [5.41, 5.74) is 1.86. The van der Waals surface area contributed by atoms with Gasteiger partial charge in [-0.15, -0.1) is 0 Å². The van der Waals surface area contributed by atoms with Gasteiger partial charge in [0, 0.05) is 11.6 Å². The van der Waals surface area contributed by atoms with E-state index in [-0.39, 0.29) is 17.7 Å². The Morgan fingerprint density at radius 3 is 2.62 bits per heavy atom. The zero-order chi connectivity index (χ0) is 27.7. The summed E-state index contributed by atoms with van der Waals surface area (Å²) in [6, 6.07) is 15.1. The topological polar surface area (TPSA) is 100 Å². The van der Waals surface area contributed by atoms with Gasteiger partial charge >= 0.3 is 11.9 Å². The highest BCUT2D eigenvalue weighted by atomic mass is 32.1. The van der Waals surface area contributed by atoms with Crippen LogP contribution in [0.1, 0.15) is 41.6 Å². The summed E-state index contributed by atoms with van der Waals surface area (Å²) in [5, 5.41) is 0. The van der Waals surface area contributed by atoms with E-state index in [0.717, 1.165) is 11.3 Å². The molecule has 0 bridgehead atoms. The second-order valence-corrected chi connectivity index (χ2v) is 9.64. The van der Waals surface area contributed by atoms with Crippen LogP contribution in [0.5, 0.6) is 0 Å². The predicted molar refractivity (Wildman–Crippen MR) is 142 cm³/mol. The summed E-state index contributed by atoms with van der Waals surface area (Å²) in [6.45, 7) is 3.53. The van der Waals surface area contributed by atoms with E-state index in [9.17, 15) is 18.8 Å². The molecule has 198 valence electrons. The van der Waals surface area contributed by atoms with E-state index >= 15 is 0 Å². The van der Waals surface area contributed by atoms with Gasteiger partial charge in [0.05, 0.1) is 41.1 Å². The molecule has 4 aromatic rings. The monoisotopic (exact) mass is 546 g/mol. The first-order valence-corrected chi connectivity index (χ1v) is 12.9. The Morgan fingerprint density at radius 1 is 1.13 bits per heavy atom. The lowest BCUT2D eigenvalue weighted by molar-refractivity contribution is -0.139. The van der Waals surface area contributed by atoms with Gasteiger partial charge in [-0.2, -0.15) is 0 Å². The lowest BCUT2D eigenvalue weighted by Gasteiger charge is -2.24. The molecule has 8 nitrogen and oxygen atoms in total. The van der Waals surface area contributed by atoms with Crippen LogP contribution in [0.2, 0.25) is 0 Å². The SMILES string of the molecule is CCOC(=O)C1=C(C)N=c2sc(=Cc3ccc(-c4cccc(C(=O)OC)c4)o3)c(=O)n2C1c1ccc(F)cc1. The number of ether oxygens (including phenoxy) is 2. The Bertz CT molecular complexity index is 1800. The summed E-state index contributed by atoms with van der Waals surface area (Å²) in [6.07, 6.45) is 1.60. The van der Waals surface area contributed by atoms with Crippen LogP contribution in [0.15, 0.2) is 86.1 Å². The zero-order valence-corrected chi connectivity index (χ0v) is 22.1. The number of carbonyl (C=O) groups excluding carboxylic acids is 2. The Kier molecular flexibility index (Phi) is 7.12. The summed E-state index contributed by atoms with van der Waals surface area (Å²) in [5.74, 6) is -0.566. The number of allylic oxidation sites excluding steroid dienone is 1. The fraction of sp³-hybridized carbons (Fsp3) is 0.172. The maximum Gasteiger partial charge on any atom is 0.338 e. The fourth-order valence-corrected chi connectivity index (χ4v) is 5.41. The highest BCUT2D eigenvalue weighted by Gasteiger charge is 2.33. The predicted octanol–water partition coefficient (Wildman–Crippen LogP) is 3.98. The van der Waals surface area contributed by atoms with Crippen LogP contribution < -0.4 is 14.9 Å². The van der Waals surface area contributed by atoms with Gasteiger partial charge in [-0.05, 0) is 55.8 Å². The van der Waals surface area contributed by atoms with Crippen LogP contribution in [0.4, 0.5) is 4.39 Å². The molecule has 1 aliphatic rings. The van der Waals surface area contributed by atoms with E-state index in [2.05, 4.69) is 4.99 Å². The first kappa shape index (κ1) is 26.1. The summed E-state index contributed by atoms with van der Waals surface area (Å²) in [7, 11) is 1.31. The van der Waals surface area contributed by atoms with E-state index in [1.165, 1.54) is 35.9 Å². The van der Waals surface area contributed by atoms with E-state index in [0.29, 0.717) is 43.2 Å². The molecule has 3 heterocycles. The zero-order valence-electron chi connectivity index (χ0n) is 21.3. The van der Waals surface area contributed by atoms with E-state index in [4.69, 9.17) is 13.9 Å². The number of nitrogens with zero attached hydrogens (tertiary/aromatic N) is 2. The molecule has 0 saturated carbocycles. The first-order chi connectivity index (χ1) is 18.8. The number of hydrogen-bond donors (Lipinski definition) is 0. The van der Waals surface area contributed by atoms with Crippen LogP contribution in [0, 0.1) is 5.82 Å². The van der Waals surface area contributed by atoms with Crippen LogP contribution >= 0.6 is 11.3 Å². The van der Waals surface area contributed by atoms with Gasteiger partial charge in [-0.3, -0.25) is 9.36 Å². The average molecular weight is 547 g/mol. The maximum atomic E-state index is 13.7. The number of carbonyl (C=O) groups is 2. The minimum atomic E-state index is -0.837. The molecule has 2 aromatic carbocycles. The molecule has 2 aromatic heterocycles. The number of hydrogen-bond acceptors (Lipinski definition) is 8. The fourth-order valence-electron chi connectivity index (χ4n) is 4.38. The smallest absolute Gasteiger partial charge is 0.338 e. The Balaban J connectivity index is 1.60. The van der Waals surface area contributed by atoms with Crippen LogP contribution in [0.25, 0.3) is 17.4 Å². The van der Waals surface area contributed by atoms with E-state index in [1.54, 1.807) is 56.3 Å². The molecular weight excluding hydrogens is 523 g/mol. The largest absolute Gasteiger partial charge is 0.465 e. The van der Waals surface area contributed by atoms with Crippen molar-refractivity contribution in [2.75, 3.05) is 13.7 Å². The van der Waals surface area contributed by atoms with Crippen LogP contribution in [-0.2, 0) is 14.3 Å². The number of aromatic nitrogens is 1. The van der Waals surface area contributed by atoms with Crippen LogP contribution in [-0.4, -0.2) is 30.2 Å². The van der Waals surface area contributed by atoms with Crippen molar-refractivity contribution in [3.63, 3.8) is 0 Å². The molecule has 1 atom stereocenters. The average Bonchev–Trinajstić information content (AvgIpc) is 3.52. The van der Waals surface area contributed by atoms with Crippen molar-refractivity contribution in [1.82, 2.24) is 4.57 Å². The number of methoxy groups -OCH3 is 1. The molecule has 0 N–H and O–H groups in total. The number of esters is 2. The molecule has 39 heavy (non-hydrogen) atoms. The highest BCUT2D eigenvalue weighted by molar-refractivity contribution is 7.07.